The zero-order chi connectivity index (χ0) is 13.0. The minimum Gasteiger partial charge on any atom is -0.298 e. The van der Waals surface area contributed by atoms with Crippen LogP contribution in [0.25, 0.3) is 11.1 Å². The van der Waals surface area contributed by atoms with Gasteiger partial charge in [-0.15, -0.1) is 11.8 Å². The number of carbonyl (C=O) groups is 1. The molecule has 0 saturated carbocycles. The summed E-state index contributed by atoms with van der Waals surface area (Å²) in [5.74, 6) is 0. The summed E-state index contributed by atoms with van der Waals surface area (Å²) in [5.41, 5.74) is 3.04. The molecule has 2 rings (SSSR count). The van der Waals surface area contributed by atoms with E-state index in [0.29, 0.717) is 10.8 Å². The topological polar surface area (TPSA) is 17.1 Å². The van der Waals surface area contributed by atoms with Gasteiger partial charge in [-0.25, -0.2) is 0 Å². The number of thioether (sulfide) groups is 1. The maximum absolute atomic E-state index is 10.6. The Kier molecular flexibility index (Phi) is 4.21. The lowest BCUT2D eigenvalue weighted by atomic mass is 10.0. The highest BCUT2D eigenvalue weighted by Crippen LogP contribution is 2.26. The fraction of sp³-hybridized carbons (Fsp3) is 0.188. The van der Waals surface area contributed by atoms with Gasteiger partial charge in [-0.3, -0.25) is 4.79 Å². The van der Waals surface area contributed by atoms with E-state index in [-0.39, 0.29) is 0 Å². The van der Waals surface area contributed by atoms with Gasteiger partial charge in [-0.2, -0.15) is 0 Å². The first-order chi connectivity index (χ1) is 8.69. The van der Waals surface area contributed by atoms with Gasteiger partial charge in [0.15, 0.2) is 0 Å². The Hall–Kier alpha value is -1.54. The summed E-state index contributed by atoms with van der Waals surface area (Å²) in [6, 6.07) is 16.2. The van der Waals surface area contributed by atoms with Gasteiger partial charge in [0.05, 0.1) is 0 Å². The molecule has 2 aromatic carbocycles. The molecule has 0 heterocycles. The van der Waals surface area contributed by atoms with Crippen LogP contribution in [0.5, 0.6) is 0 Å². The lowest BCUT2D eigenvalue weighted by molar-refractivity contribution is 0.112. The van der Waals surface area contributed by atoms with Crippen molar-refractivity contribution < 1.29 is 4.79 Å². The molecule has 18 heavy (non-hydrogen) atoms. The number of aldehydes is 1. The Bertz CT molecular complexity index is 512. The van der Waals surface area contributed by atoms with Crippen LogP contribution in [0, 0.1) is 0 Å². The normalized spacial score (nSPS) is 10.6. The summed E-state index contributed by atoms with van der Waals surface area (Å²) in [6.45, 7) is 4.38. The van der Waals surface area contributed by atoms with Gasteiger partial charge in [-0.1, -0.05) is 50.2 Å². The summed E-state index contributed by atoms with van der Waals surface area (Å²) < 4.78 is 0. The average Bonchev–Trinajstić information content (AvgIpc) is 2.39. The van der Waals surface area contributed by atoms with Crippen molar-refractivity contribution in [1.29, 1.82) is 0 Å². The second kappa shape index (κ2) is 5.87. The molecule has 0 spiro atoms. The summed E-state index contributed by atoms with van der Waals surface area (Å²) in [5, 5.41) is 0.600. The highest BCUT2D eigenvalue weighted by atomic mass is 32.2. The van der Waals surface area contributed by atoms with E-state index < -0.39 is 0 Å². The fourth-order valence-corrected chi connectivity index (χ4v) is 2.59. The van der Waals surface area contributed by atoms with Gasteiger partial charge < -0.3 is 0 Å². The monoisotopic (exact) mass is 256 g/mol. The maximum Gasteiger partial charge on any atom is 0.150 e. The summed E-state index contributed by atoms with van der Waals surface area (Å²) in [6.07, 6.45) is 0.867. The highest BCUT2D eigenvalue weighted by molar-refractivity contribution is 7.99. The van der Waals surface area contributed by atoms with E-state index in [0.717, 1.165) is 11.8 Å². The predicted molar refractivity (Wildman–Crippen MR) is 78.3 cm³/mol. The molecule has 0 N–H and O–H groups in total. The van der Waals surface area contributed by atoms with E-state index in [4.69, 9.17) is 0 Å². The van der Waals surface area contributed by atoms with Gasteiger partial charge in [-0.05, 0) is 23.3 Å². The SMILES string of the molecule is CC(C)Sc1ccc(-c2ccc(C=O)cc2)cc1. The molecule has 2 aromatic rings. The van der Waals surface area contributed by atoms with E-state index in [1.165, 1.54) is 10.5 Å². The van der Waals surface area contributed by atoms with Crippen molar-refractivity contribution in [2.75, 3.05) is 0 Å². The third-order valence-corrected chi connectivity index (χ3v) is 3.62. The van der Waals surface area contributed by atoms with Crippen LogP contribution >= 0.6 is 11.8 Å². The lowest BCUT2D eigenvalue weighted by Crippen LogP contribution is -1.86. The molecular formula is C16H16OS. The van der Waals surface area contributed by atoms with Crippen molar-refractivity contribution in [3.05, 3.63) is 54.1 Å². The van der Waals surface area contributed by atoms with Gasteiger partial charge >= 0.3 is 0 Å². The number of carbonyl (C=O) groups excluding carboxylic acids is 1. The molecule has 0 saturated heterocycles. The first kappa shape index (κ1) is 12.9. The minimum atomic E-state index is 0.600. The molecule has 0 atom stereocenters. The van der Waals surface area contributed by atoms with Crippen LogP contribution < -0.4 is 0 Å². The maximum atomic E-state index is 10.6. The van der Waals surface area contributed by atoms with E-state index in [2.05, 4.69) is 38.1 Å². The Morgan fingerprint density at radius 2 is 1.39 bits per heavy atom. The summed E-state index contributed by atoms with van der Waals surface area (Å²) in [7, 11) is 0. The summed E-state index contributed by atoms with van der Waals surface area (Å²) >= 11 is 1.86. The van der Waals surface area contributed by atoms with Crippen LogP contribution in [0.2, 0.25) is 0 Å². The number of benzene rings is 2. The molecule has 0 unspecified atom stereocenters. The van der Waals surface area contributed by atoms with Crippen molar-refractivity contribution in [3.8, 4) is 11.1 Å². The largest absolute Gasteiger partial charge is 0.298 e. The van der Waals surface area contributed by atoms with Gasteiger partial charge in [0.2, 0.25) is 0 Å². The molecule has 0 radical (unpaired) electrons. The van der Waals surface area contributed by atoms with Crippen molar-refractivity contribution in [1.82, 2.24) is 0 Å². The Balaban J connectivity index is 2.20. The van der Waals surface area contributed by atoms with E-state index in [1.54, 1.807) is 0 Å². The molecule has 2 heteroatoms. The van der Waals surface area contributed by atoms with Gasteiger partial charge in [0.25, 0.3) is 0 Å². The quantitative estimate of drug-likeness (QED) is 0.584. The molecule has 0 aliphatic rings. The Labute approximate surface area is 112 Å². The Morgan fingerprint density at radius 3 is 1.83 bits per heavy atom. The van der Waals surface area contributed by atoms with Crippen LogP contribution in [0.4, 0.5) is 0 Å². The standard InChI is InChI=1S/C16H16OS/c1-12(2)18-16-9-7-15(8-10-16)14-5-3-13(11-17)4-6-14/h3-12H,1-2H3. The van der Waals surface area contributed by atoms with Crippen LogP contribution in [0.15, 0.2) is 53.4 Å². The van der Waals surface area contributed by atoms with Crippen molar-refractivity contribution in [2.45, 2.75) is 24.0 Å². The van der Waals surface area contributed by atoms with Gasteiger partial charge in [0.1, 0.15) is 6.29 Å². The van der Waals surface area contributed by atoms with Crippen LogP contribution in [0.3, 0.4) is 0 Å². The predicted octanol–water partition coefficient (Wildman–Crippen LogP) is 4.67. The van der Waals surface area contributed by atoms with E-state index >= 15 is 0 Å². The third-order valence-electron chi connectivity index (χ3n) is 2.61. The first-order valence-corrected chi connectivity index (χ1v) is 6.89. The summed E-state index contributed by atoms with van der Waals surface area (Å²) in [4.78, 5) is 11.9. The zero-order valence-corrected chi connectivity index (χ0v) is 11.4. The molecule has 0 amide bonds. The van der Waals surface area contributed by atoms with E-state index in [1.807, 2.05) is 36.0 Å². The van der Waals surface area contributed by atoms with Crippen LogP contribution in [-0.2, 0) is 0 Å². The molecule has 0 aliphatic heterocycles. The molecule has 0 aromatic heterocycles. The van der Waals surface area contributed by atoms with Crippen molar-refractivity contribution >= 4 is 18.0 Å². The Morgan fingerprint density at radius 1 is 0.889 bits per heavy atom. The van der Waals surface area contributed by atoms with Crippen LogP contribution in [0.1, 0.15) is 24.2 Å². The zero-order valence-electron chi connectivity index (χ0n) is 10.6. The smallest absolute Gasteiger partial charge is 0.150 e. The third kappa shape index (κ3) is 3.23. The number of rotatable bonds is 4. The van der Waals surface area contributed by atoms with Crippen molar-refractivity contribution in [2.24, 2.45) is 0 Å². The highest BCUT2D eigenvalue weighted by Gasteiger charge is 2.00. The molecule has 0 aliphatic carbocycles. The fourth-order valence-electron chi connectivity index (χ4n) is 1.75. The number of hydrogen-bond acceptors (Lipinski definition) is 2. The van der Waals surface area contributed by atoms with Crippen LogP contribution in [-0.4, -0.2) is 11.5 Å². The molecule has 1 nitrogen and oxygen atoms in total. The van der Waals surface area contributed by atoms with Crippen molar-refractivity contribution in [3.63, 3.8) is 0 Å². The first-order valence-electron chi connectivity index (χ1n) is 6.01. The molecule has 0 fully saturated rings. The minimum absolute atomic E-state index is 0.600. The van der Waals surface area contributed by atoms with Gasteiger partial charge in [0, 0.05) is 15.7 Å². The number of hydrogen-bond donors (Lipinski definition) is 0. The molecule has 92 valence electrons. The lowest BCUT2D eigenvalue weighted by Gasteiger charge is -2.06. The molecular weight excluding hydrogens is 240 g/mol. The second-order valence-electron chi connectivity index (χ2n) is 4.43. The second-order valence-corrected chi connectivity index (χ2v) is 6.08. The molecule has 0 bridgehead atoms. The average molecular weight is 256 g/mol. The van der Waals surface area contributed by atoms with E-state index in [9.17, 15) is 4.79 Å².